The highest BCUT2D eigenvalue weighted by Crippen LogP contribution is 2.22. The number of rotatable bonds is 5. The first-order valence-electron chi connectivity index (χ1n) is 5.92. The van der Waals surface area contributed by atoms with Gasteiger partial charge in [-0.2, -0.15) is 5.26 Å². The molecule has 0 atom stereocenters. The zero-order valence-electron chi connectivity index (χ0n) is 11.4. The minimum atomic E-state index is 0.135. The molecule has 0 fully saturated rings. The van der Waals surface area contributed by atoms with E-state index < -0.39 is 0 Å². The molecule has 1 rings (SSSR count). The molecule has 3 nitrogen and oxygen atoms in total. The van der Waals surface area contributed by atoms with E-state index in [-0.39, 0.29) is 5.41 Å². The Morgan fingerprint density at radius 2 is 2.06 bits per heavy atom. The van der Waals surface area contributed by atoms with E-state index in [1.807, 2.05) is 6.07 Å². The summed E-state index contributed by atoms with van der Waals surface area (Å²) in [5, 5.41) is 13.0. The predicted octanol–water partition coefficient (Wildman–Crippen LogP) is 3.21. The van der Waals surface area contributed by atoms with Crippen molar-refractivity contribution in [2.45, 2.75) is 13.8 Å². The van der Waals surface area contributed by atoms with Crippen molar-refractivity contribution in [1.82, 2.24) is 4.90 Å². The Bertz CT molecular complexity index is 447. The third kappa shape index (κ3) is 4.56. The number of hydrogen-bond donors (Lipinski definition) is 1. The van der Waals surface area contributed by atoms with Crippen molar-refractivity contribution in [3.8, 4) is 6.07 Å². The van der Waals surface area contributed by atoms with Gasteiger partial charge in [-0.1, -0.05) is 25.4 Å². The van der Waals surface area contributed by atoms with E-state index in [0.29, 0.717) is 10.6 Å². The summed E-state index contributed by atoms with van der Waals surface area (Å²) in [5.41, 5.74) is 1.56. The van der Waals surface area contributed by atoms with Crippen LogP contribution in [0.3, 0.4) is 0 Å². The summed E-state index contributed by atoms with van der Waals surface area (Å²) in [4.78, 5) is 2.16. The van der Waals surface area contributed by atoms with Crippen molar-refractivity contribution in [3.05, 3.63) is 28.8 Å². The Morgan fingerprint density at radius 3 is 2.61 bits per heavy atom. The minimum Gasteiger partial charge on any atom is -0.383 e. The molecule has 0 amide bonds. The van der Waals surface area contributed by atoms with Gasteiger partial charge in [-0.25, -0.2) is 0 Å². The standard InChI is InChI=1S/C14H20ClN3/c1-14(2,10-18(3)4)9-17-13-6-5-12(15)7-11(13)8-16/h5-7,17H,9-10H2,1-4H3. The SMILES string of the molecule is CN(C)CC(C)(C)CNc1ccc(Cl)cc1C#N. The first-order valence-corrected chi connectivity index (χ1v) is 6.30. The second-order valence-electron chi connectivity index (χ2n) is 5.56. The maximum Gasteiger partial charge on any atom is 0.101 e. The van der Waals surface area contributed by atoms with E-state index in [9.17, 15) is 0 Å². The van der Waals surface area contributed by atoms with Gasteiger partial charge in [-0.15, -0.1) is 0 Å². The molecule has 0 spiro atoms. The molecule has 0 aliphatic heterocycles. The molecule has 1 aromatic carbocycles. The summed E-state index contributed by atoms with van der Waals surface area (Å²) >= 11 is 5.87. The molecule has 18 heavy (non-hydrogen) atoms. The lowest BCUT2D eigenvalue weighted by molar-refractivity contribution is 0.254. The quantitative estimate of drug-likeness (QED) is 0.889. The molecule has 1 N–H and O–H groups in total. The molecule has 0 aromatic heterocycles. The van der Waals surface area contributed by atoms with Crippen LogP contribution in [-0.4, -0.2) is 32.1 Å². The highest BCUT2D eigenvalue weighted by molar-refractivity contribution is 6.30. The number of nitrogens with one attached hydrogen (secondary N) is 1. The largest absolute Gasteiger partial charge is 0.383 e. The molecule has 0 radical (unpaired) electrons. The van der Waals surface area contributed by atoms with Crippen molar-refractivity contribution in [1.29, 1.82) is 5.26 Å². The van der Waals surface area contributed by atoms with Crippen molar-refractivity contribution in [3.63, 3.8) is 0 Å². The van der Waals surface area contributed by atoms with Gasteiger partial charge in [-0.05, 0) is 37.7 Å². The topological polar surface area (TPSA) is 39.1 Å². The van der Waals surface area contributed by atoms with Gasteiger partial charge < -0.3 is 10.2 Å². The molecule has 98 valence electrons. The van der Waals surface area contributed by atoms with Crippen LogP contribution in [0.2, 0.25) is 5.02 Å². The second-order valence-corrected chi connectivity index (χ2v) is 5.99. The van der Waals surface area contributed by atoms with Crippen LogP contribution in [0, 0.1) is 16.7 Å². The highest BCUT2D eigenvalue weighted by atomic mass is 35.5. The molecule has 1 aromatic rings. The number of hydrogen-bond acceptors (Lipinski definition) is 3. The van der Waals surface area contributed by atoms with E-state index in [1.54, 1.807) is 12.1 Å². The van der Waals surface area contributed by atoms with Gasteiger partial charge in [-0.3, -0.25) is 0 Å². The van der Waals surface area contributed by atoms with E-state index in [1.165, 1.54) is 0 Å². The van der Waals surface area contributed by atoms with E-state index in [4.69, 9.17) is 16.9 Å². The Kier molecular flexibility index (Phi) is 5.01. The number of anilines is 1. The van der Waals surface area contributed by atoms with Gasteiger partial charge >= 0.3 is 0 Å². The molecule has 0 aliphatic carbocycles. The van der Waals surface area contributed by atoms with Crippen LogP contribution in [0.1, 0.15) is 19.4 Å². The fourth-order valence-electron chi connectivity index (χ4n) is 2.01. The van der Waals surface area contributed by atoms with E-state index in [2.05, 4.69) is 44.2 Å². The molecular formula is C14H20ClN3. The Morgan fingerprint density at radius 1 is 1.39 bits per heavy atom. The molecule has 0 heterocycles. The molecule has 0 unspecified atom stereocenters. The lowest BCUT2D eigenvalue weighted by Gasteiger charge is -2.29. The molecule has 0 aliphatic rings. The van der Waals surface area contributed by atoms with Gasteiger partial charge in [0.05, 0.1) is 11.3 Å². The fourth-order valence-corrected chi connectivity index (χ4v) is 2.18. The van der Waals surface area contributed by atoms with Crippen molar-refractivity contribution in [2.75, 3.05) is 32.5 Å². The van der Waals surface area contributed by atoms with Crippen LogP contribution in [-0.2, 0) is 0 Å². The number of halogens is 1. The molecular weight excluding hydrogens is 246 g/mol. The zero-order valence-corrected chi connectivity index (χ0v) is 12.2. The van der Waals surface area contributed by atoms with Gasteiger partial charge in [0.2, 0.25) is 0 Å². The lowest BCUT2D eigenvalue weighted by Crippen LogP contribution is -2.34. The lowest BCUT2D eigenvalue weighted by atomic mass is 9.92. The van der Waals surface area contributed by atoms with Crippen molar-refractivity contribution >= 4 is 17.3 Å². The second kappa shape index (κ2) is 6.08. The Hall–Kier alpha value is -1.24. The average Bonchev–Trinajstić information content (AvgIpc) is 2.25. The normalized spacial score (nSPS) is 11.4. The van der Waals surface area contributed by atoms with Gasteiger partial charge in [0.25, 0.3) is 0 Å². The predicted molar refractivity (Wildman–Crippen MR) is 77.0 cm³/mol. The molecule has 0 saturated heterocycles. The van der Waals surface area contributed by atoms with Crippen LogP contribution in [0.4, 0.5) is 5.69 Å². The number of nitriles is 1. The highest BCUT2D eigenvalue weighted by Gasteiger charge is 2.19. The monoisotopic (exact) mass is 265 g/mol. The third-order valence-electron chi connectivity index (χ3n) is 2.60. The van der Waals surface area contributed by atoms with Crippen LogP contribution in [0.15, 0.2) is 18.2 Å². The first-order chi connectivity index (χ1) is 8.34. The van der Waals surface area contributed by atoms with Gasteiger partial charge in [0.1, 0.15) is 6.07 Å². The maximum atomic E-state index is 9.06. The number of nitrogens with zero attached hydrogens (tertiary/aromatic N) is 2. The van der Waals surface area contributed by atoms with E-state index >= 15 is 0 Å². The Labute approximate surface area is 114 Å². The average molecular weight is 266 g/mol. The Balaban J connectivity index is 2.72. The van der Waals surface area contributed by atoms with Crippen molar-refractivity contribution in [2.24, 2.45) is 5.41 Å². The van der Waals surface area contributed by atoms with Crippen LogP contribution >= 0.6 is 11.6 Å². The zero-order chi connectivity index (χ0) is 13.8. The fraction of sp³-hybridized carbons (Fsp3) is 0.500. The third-order valence-corrected chi connectivity index (χ3v) is 2.84. The van der Waals surface area contributed by atoms with Crippen molar-refractivity contribution < 1.29 is 0 Å². The summed E-state index contributed by atoms with van der Waals surface area (Å²) < 4.78 is 0. The molecule has 0 bridgehead atoms. The summed E-state index contributed by atoms with van der Waals surface area (Å²) in [7, 11) is 4.12. The first kappa shape index (κ1) is 14.8. The van der Waals surface area contributed by atoms with Crippen LogP contribution in [0.5, 0.6) is 0 Å². The van der Waals surface area contributed by atoms with Gasteiger partial charge in [0, 0.05) is 18.1 Å². The maximum absolute atomic E-state index is 9.06. The smallest absolute Gasteiger partial charge is 0.101 e. The summed E-state index contributed by atoms with van der Waals surface area (Å²) in [6.45, 7) is 6.18. The number of benzene rings is 1. The summed E-state index contributed by atoms with van der Waals surface area (Å²) in [6.07, 6.45) is 0. The summed E-state index contributed by atoms with van der Waals surface area (Å²) in [5.74, 6) is 0. The van der Waals surface area contributed by atoms with E-state index in [0.717, 1.165) is 18.8 Å². The van der Waals surface area contributed by atoms with Crippen LogP contribution < -0.4 is 5.32 Å². The van der Waals surface area contributed by atoms with Gasteiger partial charge in [0.15, 0.2) is 0 Å². The molecule has 0 saturated carbocycles. The summed E-state index contributed by atoms with van der Waals surface area (Å²) in [6, 6.07) is 7.49. The molecule has 4 heteroatoms. The van der Waals surface area contributed by atoms with Crippen LogP contribution in [0.25, 0.3) is 0 Å². The minimum absolute atomic E-state index is 0.135.